The van der Waals surface area contributed by atoms with Gasteiger partial charge in [0.15, 0.2) is 0 Å². The first-order chi connectivity index (χ1) is 9.95. The lowest BCUT2D eigenvalue weighted by Gasteiger charge is -2.42. The van der Waals surface area contributed by atoms with Gasteiger partial charge in [-0.05, 0) is 76.5 Å². The van der Waals surface area contributed by atoms with E-state index in [0.717, 1.165) is 19.6 Å². The van der Waals surface area contributed by atoms with Crippen molar-refractivity contribution in [2.45, 2.75) is 51.6 Å². The van der Waals surface area contributed by atoms with Gasteiger partial charge in [0.1, 0.15) is 5.82 Å². The third kappa shape index (κ3) is 3.97. The summed E-state index contributed by atoms with van der Waals surface area (Å²) in [4.78, 5) is 2.52. The zero-order valence-electron chi connectivity index (χ0n) is 13.3. The topological polar surface area (TPSA) is 15.3 Å². The fourth-order valence-corrected chi connectivity index (χ4v) is 3.45. The van der Waals surface area contributed by atoms with Crippen LogP contribution in [0, 0.1) is 5.82 Å². The lowest BCUT2D eigenvalue weighted by atomic mass is 9.87. The third-order valence-electron chi connectivity index (χ3n) is 4.66. The van der Waals surface area contributed by atoms with Crippen molar-refractivity contribution in [2.24, 2.45) is 0 Å². The fourth-order valence-electron chi connectivity index (χ4n) is 3.25. The van der Waals surface area contributed by atoms with Crippen molar-refractivity contribution in [1.82, 2.24) is 10.2 Å². The normalized spacial score (nSPS) is 18.1. The molecule has 0 amide bonds. The second-order valence-electron chi connectivity index (χ2n) is 6.40. The molecule has 21 heavy (non-hydrogen) atoms. The van der Waals surface area contributed by atoms with Crippen LogP contribution in [0.25, 0.3) is 0 Å². The van der Waals surface area contributed by atoms with E-state index in [1.807, 2.05) is 0 Å². The van der Waals surface area contributed by atoms with E-state index in [2.05, 4.69) is 31.0 Å². The zero-order chi connectivity index (χ0) is 15.5. The Hall–Kier alpha value is -0.640. The summed E-state index contributed by atoms with van der Waals surface area (Å²) >= 11 is 6.02. The molecule has 1 fully saturated rings. The van der Waals surface area contributed by atoms with E-state index < -0.39 is 0 Å². The van der Waals surface area contributed by atoms with Gasteiger partial charge >= 0.3 is 0 Å². The van der Waals surface area contributed by atoms with Crippen molar-refractivity contribution in [3.63, 3.8) is 0 Å². The fraction of sp³-hybridized carbons (Fsp3) is 0.647. The van der Waals surface area contributed by atoms with Crippen LogP contribution in [0.2, 0.25) is 5.02 Å². The van der Waals surface area contributed by atoms with Gasteiger partial charge in [0.25, 0.3) is 0 Å². The predicted molar refractivity (Wildman–Crippen MR) is 87.5 cm³/mol. The Bertz CT molecular complexity index is 470. The Morgan fingerprint density at radius 2 is 2.00 bits per heavy atom. The van der Waals surface area contributed by atoms with E-state index >= 15 is 0 Å². The maximum Gasteiger partial charge on any atom is 0.126 e. The number of hydrogen-bond donors (Lipinski definition) is 1. The van der Waals surface area contributed by atoms with Crippen molar-refractivity contribution in [3.05, 3.63) is 34.6 Å². The number of nitrogens with zero attached hydrogens (tertiary/aromatic N) is 1. The highest BCUT2D eigenvalue weighted by Crippen LogP contribution is 2.27. The number of benzene rings is 1. The first kappa shape index (κ1) is 16.7. The molecule has 0 aliphatic carbocycles. The Balaban J connectivity index is 2.19. The van der Waals surface area contributed by atoms with Gasteiger partial charge in [-0.25, -0.2) is 4.39 Å². The first-order valence-corrected chi connectivity index (χ1v) is 8.25. The largest absolute Gasteiger partial charge is 0.312 e. The van der Waals surface area contributed by atoms with E-state index in [9.17, 15) is 4.39 Å². The molecular weight excluding hydrogens is 287 g/mol. The monoisotopic (exact) mass is 312 g/mol. The SMILES string of the molecule is CCNC(Cc1cc(Cl)ccc1F)C(C)(C)N1CCCC1. The molecule has 0 spiro atoms. The van der Waals surface area contributed by atoms with Crippen LogP contribution in [0.1, 0.15) is 39.2 Å². The standard InChI is InChI=1S/C17H26ClFN2/c1-4-20-16(17(2,3)21-9-5-6-10-21)12-13-11-14(18)7-8-15(13)19/h7-8,11,16,20H,4-6,9-10,12H2,1-3H3. The van der Waals surface area contributed by atoms with Crippen molar-refractivity contribution < 1.29 is 4.39 Å². The molecule has 4 heteroatoms. The molecule has 2 rings (SSSR count). The summed E-state index contributed by atoms with van der Waals surface area (Å²) in [6, 6.07) is 5.02. The lowest BCUT2D eigenvalue weighted by Crippen LogP contribution is -2.57. The average Bonchev–Trinajstić information content (AvgIpc) is 2.97. The molecule has 0 saturated carbocycles. The minimum absolute atomic E-state index is 0.00126. The Kier molecular flexibility index (Phi) is 5.64. The summed E-state index contributed by atoms with van der Waals surface area (Å²) in [5.41, 5.74) is 0.696. The van der Waals surface area contributed by atoms with Gasteiger partial charge in [-0.2, -0.15) is 0 Å². The van der Waals surface area contributed by atoms with Crippen LogP contribution in [-0.2, 0) is 6.42 Å². The minimum atomic E-state index is -0.167. The number of hydrogen-bond acceptors (Lipinski definition) is 2. The van der Waals surface area contributed by atoms with Gasteiger partial charge in [0.2, 0.25) is 0 Å². The van der Waals surface area contributed by atoms with Crippen molar-refractivity contribution in [1.29, 1.82) is 0 Å². The lowest BCUT2D eigenvalue weighted by molar-refractivity contribution is 0.107. The van der Waals surface area contributed by atoms with Crippen LogP contribution < -0.4 is 5.32 Å². The van der Waals surface area contributed by atoms with Gasteiger partial charge in [-0.15, -0.1) is 0 Å². The van der Waals surface area contributed by atoms with E-state index in [0.29, 0.717) is 17.0 Å². The Labute approximate surface area is 132 Å². The van der Waals surface area contributed by atoms with Gasteiger partial charge in [0.05, 0.1) is 0 Å². The smallest absolute Gasteiger partial charge is 0.126 e. The van der Waals surface area contributed by atoms with Gasteiger partial charge in [0, 0.05) is 16.6 Å². The summed E-state index contributed by atoms with van der Waals surface area (Å²) in [6.07, 6.45) is 3.17. The molecule has 0 bridgehead atoms. The molecule has 1 saturated heterocycles. The van der Waals surface area contributed by atoms with Crippen LogP contribution in [0.3, 0.4) is 0 Å². The Morgan fingerprint density at radius 3 is 2.62 bits per heavy atom. The molecule has 1 aromatic carbocycles. The summed E-state index contributed by atoms with van der Waals surface area (Å²) in [5.74, 6) is -0.167. The van der Waals surface area contributed by atoms with E-state index in [1.54, 1.807) is 12.1 Å². The third-order valence-corrected chi connectivity index (χ3v) is 4.89. The number of nitrogens with one attached hydrogen (secondary N) is 1. The van der Waals surface area contributed by atoms with Crippen LogP contribution >= 0.6 is 11.6 Å². The average molecular weight is 313 g/mol. The highest BCUT2D eigenvalue weighted by Gasteiger charge is 2.36. The van der Waals surface area contributed by atoms with Crippen molar-refractivity contribution in [2.75, 3.05) is 19.6 Å². The van der Waals surface area contributed by atoms with Crippen LogP contribution in [-0.4, -0.2) is 36.1 Å². The van der Waals surface area contributed by atoms with Gasteiger partial charge in [-0.3, -0.25) is 4.90 Å². The maximum absolute atomic E-state index is 14.0. The molecule has 1 atom stereocenters. The highest BCUT2D eigenvalue weighted by atomic mass is 35.5. The van der Waals surface area contributed by atoms with Crippen molar-refractivity contribution in [3.8, 4) is 0 Å². The van der Waals surface area contributed by atoms with Crippen LogP contribution in [0.15, 0.2) is 18.2 Å². The number of likely N-dealkylation sites (tertiary alicyclic amines) is 1. The molecule has 118 valence electrons. The molecule has 1 heterocycles. The van der Waals surface area contributed by atoms with E-state index in [4.69, 9.17) is 11.6 Å². The molecule has 1 aliphatic rings. The molecule has 1 N–H and O–H groups in total. The molecule has 0 radical (unpaired) electrons. The number of likely N-dealkylation sites (N-methyl/N-ethyl adjacent to an activating group) is 1. The molecule has 0 aromatic heterocycles. The Morgan fingerprint density at radius 1 is 1.33 bits per heavy atom. The summed E-state index contributed by atoms with van der Waals surface area (Å²) < 4.78 is 14.0. The second kappa shape index (κ2) is 7.08. The first-order valence-electron chi connectivity index (χ1n) is 7.87. The number of rotatable bonds is 6. The van der Waals surface area contributed by atoms with E-state index in [-0.39, 0.29) is 17.4 Å². The second-order valence-corrected chi connectivity index (χ2v) is 6.83. The molecule has 1 aromatic rings. The summed E-state index contributed by atoms with van der Waals surface area (Å²) in [5, 5.41) is 4.14. The molecule has 1 unspecified atom stereocenters. The van der Waals surface area contributed by atoms with Crippen LogP contribution in [0.5, 0.6) is 0 Å². The minimum Gasteiger partial charge on any atom is -0.312 e. The summed E-state index contributed by atoms with van der Waals surface area (Å²) in [6.45, 7) is 9.76. The van der Waals surface area contributed by atoms with Gasteiger partial charge < -0.3 is 5.32 Å². The van der Waals surface area contributed by atoms with Gasteiger partial charge in [-0.1, -0.05) is 18.5 Å². The molecule has 2 nitrogen and oxygen atoms in total. The summed E-state index contributed by atoms with van der Waals surface area (Å²) in [7, 11) is 0. The van der Waals surface area contributed by atoms with E-state index in [1.165, 1.54) is 18.9 Å². The highest BCUT2D eigenvalue weighted by molar-refractivity contribution is 6.30. The quantitative estimate of drug-likeness (QED) is 0.857. The van der Waals surface area contributed by atoms with Crippen LogP contribution in [0.4, 0.5) is 4.39 Å². The molecular formula is C17H26ClFN2. The van der Waals surface area contributed by atoms with Crippen molar-refractivity contribution >= 4 is 11.6 Å². The predicted octanol–water partition coefficient (Wildman–Crippen LogP) is 3.87. The number of halogens is 2. The maximum atomic E-state index is 14.0. The zero-order valence-corrected chi connectivity index (χ0v) is 14.0. The molecule has 1 aliphatic heterocycles.